The van der Waals surface area contributed by atoms with E-state index in [1.807, 2.05) is 4.72 Å². The fourth-order valence-corrected chi connectivity index (χ4v) is 2.96. The molecule has 0 radical (unpaired) electrons. The number of anilines is 1. The van der Waals surface area contributed by atoms with Gasteiger partial charge in [-0.3, -0.25) is 14.6 Å². The molecule has 0 saturated heterocycles. The first-order chi connectivity index (χ1) is 11.2. The third-order valence-corrected chi connectivity index (χ3v) is 4.42. The lowest BCUT2D eigenvalue weighted by Crippen LogP contribution is -2.28. The van der Waals surface area contributed by atoms with E-state index in [1.165, 1.54) is 29.3 Å². The Hall–Kier alpha value is -2.75. The molecule has 0 saturated carbocycles. The first-order valence-electron chi connectivity index (χ1n) is 6.94. The Morgan fingerprint density at radius 3 is 2.46 bits per heavy atom. The van der Waals surface area contributed by atoms with Crippen molar-refractivity contribution in [1.82, 2.24) is 4.72 Å². The summed E-state index contributed by atoms with van der Waals surface area (Å²) >= 11 is 0. The molecule has 9 nitrogen and oxygen atoms in total. The van der Waals surface area contributed by atoms with E-state index < -0.39 is 27.7 Å². The molecule has 0 spiro atoms. The maximum absolute atomic E-state index is 11.9. The van der Waals surface area contributed by atoms with Crippen LogP contribution >= 0.6 is 0 Å². The summed E-state index contributed by atoms with van der Waals surface area (Å²) in [5.74, 6) is -1.98. The van der Waals surface area contributed by atoms with Gasteiger partial charge in [-0.1, -0.05) is 0 Å². The van der Waals surface area contributed by atoms with Crippen LogP contribution in [0.4, 0.5) is 5.69 Å². The highest BCUT2D eigenvalue weighted by Gasteiger charge is 2.31. The number of rotatable bonds is 5. The van der Waals surface area contributed by atoms with Gasteiger partial charge in [0.25, 0.3) is 10.0 Å². The number of Topliss-reactive ketones (excluding diaryl/α,β-unsaturated/α-hetero) is 1. The fraction of sp³-hybridized carbons (Fsp3) is 0.286. The van der Waals surface area contributed by atoms with Crippen molar-refractivity contribution in [3.8, 4) is 0 Å². The number of hydrogen-bond donors (Lipinski definition) is 1. The van der Waals surface area contributed by atoms with Gasteiger partial charge >= 0.3 is 5.97 Å². The maximum atomic E-state index is 11.9. The van der Waals surface area contributed by atoms with Gasteiger partial charge in [0.15, 0.2) is 0 Å². The molecule has 1 N–H and O–H groups in total. The molecular formula is C14H15N3O6S. The molecule has 2 rings (SSSR count). The van der Waals surface area contributed by atoms with Crippen molar-refractivity contribution in [3.63, 3.8) is 0 Å². The van der Waals surface area contributed by atoms with Crippen LogP contribution < -0.4 is 9.73 Å². The van der Waals surface area contributed by atoms with Crippen molar-refractivity contribution in [2.45, 2.75) is 18.7 Å². The van der Waals surface area contributed by atoms with Crippen LogP contribution in [0.1, 0.15) is 13.8 Å². The van der Waals surface area contributed by atoms with Gasteiger partial charge in [0.1, 0.15) is 6.54 Å². The number of ketones is 1. The molecule has 1 aromatic carbocycles. The predicted molar refractivity (Wildman–Crippen MR) is 83.9 cm³/mol. The fourth-order valence-electron chi connectivity index (χ4n) is 1.97. The van der Waals surface area contributed by atoms with Crippen LogP contribution in [-0.4, -0.2) is 44.9 Å². The highest BCUT2D eigenvalue weighted by molar-refractivity contribution is 7.90. The molecule has 0 bridgehead atoms. The van der Waals surface area contributed by atoms with Crippen LogP contribution in [0, 0.1) is 0 Å². The summed E-state index contributed by atoms with van der Waals surface area (Å²) in [7, 11) is -3.94. The molecule has 1 aliphatic rings. The van der Waals surface area contributed by atoms with Gasteiger partial charge in [-0.15, -0.1) is 0 Å². The third-order valence-electron chi connectivity index (χ3n) is 2.97. The quantitative estimate of drug-likeness (QED) is 0.729. The summed E-state index contributed by atoms with van der Waals surface area (Å²) in [6.45, 7) is 2.68. The summed E-state index contributed by atoms with van der Waals surface area (Å²) in [5, 5.41) is 5.17. The molecule has 0 aliphatic carbocycles. The van der Waals surface area contributed by atoms with Gasteiger partial charge in [-0.05, 0) is 31.2 Å². The number of nitrogens with one attached hydrogen (secondary N) is 1. The highest BCUT2D eigenvalue weighted by Crippen LogP contribution is 2.21. The Bertz CT molecular complexity index is 813. The van der Waals surface area contributed by atoms with E-state index in [0.717, 1.165) is 6.92 Å². The lowest BCUT2D eigenvalue weighted by Gasteiger charge is -2.13. The number of ether oxygens (including phenoxy) is 1. The minimum absolute atomic E-state index is 0.110. The van der Waals surface area contributed by atoms with Crippen molar-refractivity contribution in [2.24, 2.45) is 5.10 Å². The van der Waals surface area contributed by atoms with Gasteiger partial charge in [0.05, 0.1) is 17.2 Å². The van der Waals surface area contributed by atoms with Gasteiger partial charge in [-0.25, -0.2) is 17.9 Å². The lowest BCUT2D eigenvalue weighted by molar-refractivity contribution is -0.135. The number of amides is 1. The topological polar surface area (TPSA) is 122 Å². The third kappa shape index (κ3) is 3.77. The number of hydrazone groups is 1. The molecule has 24 heavy (non-hydrogen) atoms. The molecule has 128 valence electrons. The van der Waals surface area contributed by atoms with Crippen LogP contribution in [0.3, 0.4) is 0 Å². The summed E-state index contributed by atoms with van der Waals surface area (Å²) in [4.78, 5) is 34.2. The Labute approximate surface area is 138 Å². The average molecular weight is 353 g/mol. The Balaban J connectivity index is 2.22. The Morgan fingerprint density at radius 1 is 1.29 bits per heavy atom. The van der Waals surface area contributed by atoms with E-state index in [1.54, 1.807) is 6.92 Å². The van der Waals surface area contributed by atoms with E-state index in [2.05, 4.69) is 5.10 Å². The van der Waals surface area contributed by atoms with Crippen LogP contribution in [0.15, 0.2) is 34.3 Å². The second kappa shape index (κ2) is 6.79. The van der Waals surface area contributed by atoms with Gasteiger partial charge in [-0.2, -0.15) is 5.10 Å². The Kier molecular flexibility index (Phi) is 4.98. The average Bonchev–Trinajstić information content (AvgIpc) is 2.88. The zero-order valence-electron chi connectivity index (χ0n) is 13.0. The van der Waals surface area contributed by atoms with Crippen molar-refractivity contribution in [2.75, 3.05) is 18.2 Å². The van der Waals surface area contributed by atoms with Crippen molar-refractivity contribution >= 4 is 39.1 Å². The molecule has 10 heteroatoms. The minimum atomic E-state index is -3.94. The summed E-state index contributed by atoms with van der Waals surface area (Å²) in [5.41, 5.74) is 0.121. The monoisotopic (exact) mass is 353 g/mol. The number of carbonyl (C=O) groups excluding carboxylic acids is 3. The zero-order valence-corrected chi connectivity index (χ0v) is 13.8. The molecule has 1 aliphatic heterocycles. The lowest BCUT2D eigenvalue weighted by atomic mass is 10.2. The van der Waals surface area contributed by atoms with E-state index in [-0.39, 0.29) is 23.8 Å². The molecule has 0 fully saturated rings. The largest absolute Gasteiger partial charge is 0.461 e. The van der Waals surface area contributed by atoms with Crippen LogP contribution in [0.5, 0.6) is 0 Å². The van der Waals surface area contributed by atoms with Crippen LogP contribution in [0.2, 0.25) is 0 Å². The number of benzene rings is 1. The van der Waals surface area contributed by atoms with Gasteiger partial charge in [0, 0.05) is 6.92 Å². The summed E-state index contributed by atoms with van der Waals surface area (Å²) in [6, 6.07) is 5.37. The minimum Gasteiger partial charge on any atom is -0.461 e. The van der Waals surface area contributed by atoms with Crippen molar-refractivity contribution < 1.29 is 27.5 Å². The number of esters is 1. The van der Waals surface area contributed by atoms with Gasteiger partial charge < -0.3 is 4.74 Å². The van der Waals surface area contributed by atoms with Crippen molar-refractivity contribution in [3.05, 3.63) is 24.3 Å². The molecule has 1 amide bonds. The smallest absolute Gasteiger partial charge is 0.362 e. The second-order valence-corrected chi connectivity index (χ2v) is 6.49. The molecular weight excluding hydrogens is 338 g/mol. The Morgan fingerprint density at radius 2 is 1.92 bits per heavy atom. The molecule has 1 heterocycles. The molecule has 0 atom stereocenters. The zero-order chi connectivity index (χ0) is 17.9. The predicted octanol–water partition coefficient (Wildman–Crippen LogP) is -0.180. The summed E-state index contributed by atoms with van der Waals surface area (Å²) in [6.07, 6.45) is 0. The van der Waals surface area contributed by atoms with E-state index in [0.29, 0.717) is 5.69 Å². The van der Waals surface area contributed by atoms with E-state index in [9.17, 15) is 22.8 Å². The van der Waals surface area contributed by atoms with Gasteiger partial charge in [0.2, 0.25) is 17.4 Å². The second-order valence-electron chi connectivity index (χ2n) is 4.81. The van der Waals surface area contributed by atoms with Crippen LogP contribution in [-0.2, 0) is 29.1 Å². The number of sulfonamides is 1. The van der Waals surface area contributed by atoms with Crippen molar-refractivity contribution in [1.29, 1.82) is 0 Å². The first-order valence-corrected chi connectivity index (χ1v) is 8.43. The SMILES string of the molecule is CCOC(=O)C1=NN(c2ccc(S(=O)(=O)NC(C)=O)cc2)CC1=O. The normalized spacial score (nSPS) is 14.3. The molecule has 0 unspecified atom stereocenters. The number of hydrogen-bond acceptors (Lipinski definition) is 8. The van der Waals surface area contributed by atoms with Crippen LogP contribution in [0.25, 0.3) is 0 Å². The number of nitrogens with zero attached hydrogens (tertiary/aromatic N) is 2. The van der Waals surface area contributed by atoms with E-state index in [4.69, 9.17) is 4.74 Å². The molecule has 0 aromatic heterocycles. The standard InChI is InChI=1S/C14H15N3O6S/c1-3-23-14(20)13-12(19)8-17(15-13)10-4-6-11(7-5-10)24(21,22)16-9(2)18/h4-7H,3,8H2,1-2H3,(H,16,18). The highest BCUT2D eigenvalue weighted by atomic mass is 32.2. The summed E-state index contributed by atoms with van der Waals surface area (Å²) < 4.78 is 30.3. The van der Waals surface area contributed by atoms with E-state index >= 15 is 0 Å². The maximum Gasteiger partial charge on any atom is 0.362 e. The first kappa shape index (κ1) is 17.6. The number of carbonyl (C=O) groups is 3. The molecule has 1 aromatic rings.